The van der Waals surface area contributed by atoms with Gasteiger partial charge in [-0.1, -0.05) is 12.1 Å². The number of carbonyl (C=O) groups is 3. The Balaban J connectivity index is 0.000000528. The van der Waals surface area contributed by atoms with Crippen molar-refractivity contribution in [2.45, 2.75) is 25.2 Å². The fourth-order valence-electron chi connectivity index (χ4n) is 1.51. The maximum Gasteiger partial charge on any atom is 0.345 e. The molecule has 28 heavy (non-hydrogen) atoms. The minimum absolute atomic E-state index is 0.450. The Morgan fingerprint density at radius 3 is 2.04 bits per heavy atom. The Bertz CT molecular complexity index is 847. The van der Waals surface area contributed by atoms with Crippen molar-refractivity contribution in [3.63, 3.8) is 0 Å². The summed E-state index contributed by atoms with van der Waals surface area (Å²) in [5, 5.41) is 34.1. The Hall–Kier alpha value is -3.05. The van der Waals surface area contributed by atoms with Gasteiger partial charge in [-0.15, -0.1) is 0 Å². The van der Waals surface area contributed by atoms with Crippen molar-refractivity contribution in [1.82, 2.24) is 0 Å². The number of nitrogens with two attached hydrogens (primary N) is 1. The van der Waals surface area contributed by atoms with Gasteiger partial charge < -0.3 is 25.8 Å². The van der Waals surface area contributed by atoms with Crippen LogP contribution in [0.25, 0.3) is 0 Å². The molecular weight excluding hydrogens is 398 g/mol. The molecule has 154 valence electrons. The summed E-state index contributed by atoms with van der Waals surface area (Å²) in [6, 6.07) is 7.56. The lowest BCUT2D eigenvalue weighted by Gasteiger charge is -2.10. The van der Waals surface area contributed by atoms with E-state index in [1.54, 1.807) is 24.3 Å². The zero-order valence-corrected chi connectivity index (χ0v) is 15.6. The summed E-state index contributed by atoms with van der Waals surface area (Å²) < 4.78 is 27.9. The first-order chi connectivity index (χ1) is 12.8. The summed E-state index contributed by atoms with van der Waals surface area (Å²) in [7, 11) is -3.26. The summed E-state index contributed by atoms with van der Waals surface area (Å²) in [6.45, 7) is 0.901. The number of anilines is 1. The number of rotatable bonds is 6. The number of esters is 2. The molecule has 3 atom stereocenters. The third-order valence-electron chi connectivity index (χ3n) is 2.75. The number of ether oxygens (including phenoxy) is 1. The van der Waals surface area contributed by atoms with Gasteiger partial charge >= 0.3 is 17.9 Å². The summed E-state index contributed by atoms with van der Waals surface area (Å²) in [4.78, 5) is 30.8. The average molecular weight is 417 g/mol. The van der Waals surface area contributed by atoms with E-state index in [4.69, 9.17) is 26.3 Å². The monoisotopic (exact) mass is 417 g/mol. The van der Waals surface area contributed by atoms with Crippen molar-refractivity contribution < 1.29 is 42.9 Å². The molecule has 6 N–H and O–H groups in total. The molecule has 1 aromatic rings. The molecule has 0 heterocycles. The molecule has 0 aliphatic heterocycles. The highest BCUT2D eigenvalue weighted by atomic mass is 32.2. The lowest BCUT2D eigenvalue weighted by Crippen LogP contribution is -2.41. The molecule has 0 aromatic heterocycles. The molecule has 2 unspecified atom stereocenters. The number of hydrogen-bond donors (Lipinski definition) is 5. The van der Waals surface area contributed by atoms with E-state index >= 15 is 0 Å². The van der Waals surface area contributed by atoms with Gasteiger partial charge in [-0.3, -0.25) is 9.52 Å². The lowest BCUT2D eigenvalue weighted by molar-refractivity contribution is -0.174. The third-order valence-corrected chi connectivity index (χ3v) is 3.36. The second kappa shape index (κ2) is 10.9. The van der Waals surface area contributed by atoms with E-state index in [1.165, 1.54) is 0 Å². The van der Waals surface area contributed by atoms with E-state index in [9.17, 15) is 22.8 Å². The van der Waals surface area contributed by atoms with Crippen molar-refractivity contribution in [3.05, 3.63) is 29.8 Å². The zero-order valence-electron chi connectivity index (χ0n) is 14.8. The highest BCUT2D eigenvalue weighted by Crippen LogP contribution is 2.14. The largest absolute Gasteiger partial charge is 0.479 e. The topological polar surface area (TPSA) is 217 Å². The molecule has 13 heteroatoms. The Morgan fingerprint density at radius 1 is 1.18 bits per heavy atom. The Morgan fingerprint density at radius 2 is 1.68 bits per heavy atom. The molecular formula is C15H19N3O9S. The van der Waals surface area contributed by atoms with E-state index in [2.05, 4.69) is 9.46 Å². The number of aliphatic carboxylic acids is 1. The fraction of sp³-hybridized carbons (Fsp3) is 0.333. The number of benzene rings is 1. The first-order valence-corrected chi connectivity index (χ1v) is 9.21. The van der Waals surface area contributed by atoms with Gasteiger partial charge in [0.25, 0.3) is 0 Å². The molecule has 0 fully saturated rings. The van der Waals surface area contributed by atoms with Gasteiger partial charge in [-0.05, 0) is 17.7 Å². The number of hydrogen-bond acceptors (Lipinski definition) is 10. The van der Waals surface area contributed by atoms with E-state index in [0.717, 1.165) is 13.2 Å². The quantitative estimate of drug-likeness (QED) is 0.264. The van der Waals surface area contributed by atoms with E-state index in [1.807, 2.05) is 6.07 Å². The predicted octanol–water partition coefficient (Wildman–Crippen LogP) is -1.54. The number of sulfonamides is 1. The molecule has 0 aliphatic carbocycles. The number of nitrogens with zero attached hydrogens (tertiary/aromatic N) is 1. The van der Waals surface area contributed by atoms with Crippen LogP contribution in [0.5, 0.6) is 0 Å². The minimum atomic E-state index is -3.26. The number of carbonyl (C=O) groups excluding carboxylic acids is 2. The van der Waals surface area contributed by atoms with E-state index in [0.29, 0.717) is 11.3 Å². The van der Waals surface area contributed by atoms with Gasteiger partial charge in [-0.2, -0.15) is 5.26 Å². The van der Waals surface area contributed by atoms with Gasteiger partial charge in [0.2, 0.25) is 10.0 Å². The lowest BCUT2D eigenvalue weighted by atomic mass is 10.1. The van der Waals surface area contributed by atoms with Crippen molar-refractivity contribution in [2.75, 3.05) is 11.0 Å². The molecule has 0 bridgehead atoms. The number of nitrogens with one attached hydrogen (secondary N) is 1. The maximum absolute atomic E-state index is 10.9. The van der Waals surface area contributed by atoms with Crippen LogP contribution in [-0.2, 0) is 29.1 Å². The second-order valence-electron chi connectivity index (χ2n) is 5.24. The van der Waals surface area contributed by atoms with Crippen LogP contribution in [0.4, 0.5) is 5.69 Å². The predicted molar refractivity (Wildman–Crippen MR) is 93.9 cm³/mol. The van der Waals surface area contributed by atoms with Crippen LogP contribution in [0, 0.1) is 11.3 Å². The van der Waals surface area contributed by atoms with Crippen LogP contribution in [0.1, 0.15) is 18.5 Å². The molecule has 0 saturated heterocycles. The highest BCUT2D eigenvalue weighted by Gasteiger charge is 2.32. The van der Waals surface area contributed by atoms with Crippen LogP contribution in [0.2, 0.25) is 0 Å². The molecule has 0 radical (unpaired) electrons. The number of nitriles is 1. The summed E-state index contributed by atoms with van der Waals surface area (Å²) in [6.07, 6.45) is -3.49. The highest BCUT2D eigenvalue weighted by molar-refractivity contribution is 7.92. The maximum atomic E-state index is 10.9. The molecule has 1 aromatic carbocycles. The van der Waals surface area contributed by atoms with Crippen molar-refractivity contribution >= 4 is 33.6 Å². The van der Waals surface area contributed by atoms with Gasteiger partial charge in [0.05, 0.1) is 12.3 Å². The molecule has 0 saturated carbocycles. The van der Waals surface area contributed by atoms with Gasteiger partial charge in [0.15, 0.2) is 12.2 Å². The fourth-order valence-corrected chi connectivity index (χ4v) is 2.08. The number of carboxylic acids is 1. The van der Waals surface area contributed by atoms with Crippen molar-refractivity contribution in [2.24, 2.45) is 5.73 Å². The second-order valence-corrected chi connectivity index (χ2v) is 6.99. The van der Waals surface area contributed by atoms with Gasteiger partial charge in [0, 0.05) is 12.6 Å². The van der Waals surface area contributed by atoms with Gasteiger partial charge in [0.1, 0.15) is 6.04 Å². The van der Waals surface area contributed by atoms with Crippen LogP contribution >= 0.6 is 0 Å². The first kappa shape index (κ1) is 24.9. The van der Waals surface area contributed by atoms with Crippen LogP contribution in [0.15, 0.2) is 24.3 Å². The Kier molecular flexibility index (Phi) is 9.75. The zero-order chi connectivity index (χ0) is 22.1. The standard InChI is InChI=1S/C9H11N3O2S.C6H8O7/c1-15(13,14)12-8-4-2-7(3-5-8)9(11)6-10;1-2(7)13-6(12)4(9)3(8)5(10)11/h2-5,9,12H,11H2,1H3;3-4,8-9H,1H3,(H,10,11)/t9-;/m0./s1. The van der Waals surface area contributed by atoms with E-state index < -0.39 is 46.2 Å². The molecule has 1 rings (SSSR count). The average Bonchev–Trinajstić information content (AvgIpc) is 2.58. The molecule has 0 amide bonds. The summed E-state index contributed by atoms with van der Waals surface area (Å²) in [5.41, 5.74) is 6.57. The van der Waals surface area contributed by atoms with Crippen molar-refractivity contribution in [3.8, 4) is 6.07 Å². The number of aliphatic hydroxyl groups excluding tert-OH is 2. The molecule has 12 nitrogen and oxygen atoms in total. The summed E-state index contributed by atoms with van der Waals surface area (Å²) >= 11 is 0. The van der Waals surface area contributed by atoms with Gasteiger partial charge in [-0.25, -0.2) is 18.0 Å². The van der Waals surface area contributed by atoms with Crippen LogP contribution in [0.3, 0.4) is 0 Å². The normalized spacial score (nSPS) is 13.6. The molecule has 0 aliphatic rings. The number of aliphatic hydroxyl groups is 2. The SMILES string of the molecule is CC(=O)OC(=O)C(O)C(O)C(=O)O.CS(=O)(=O)Nc1ccc([C@@H](N)C#N)cc1. The summed E-state index contributed by atoms with van der Waals surface area (Å²) in [5.74, 6) is -4.28. The minimum Gasteiger partial charge on any atom is -0.479 e. The first-order valence-electron chi connectivity index (χ1n) is 7.32. The molecule has 0 spiro atoms. The Labute approximate surface area is 160 Å². The smallest absolute Gasteiger partial charge is 0.345 e. The van der Waals surface area contributed by atoms with Crippen LogP contribution < -0.4 is 10.5 Å². The van der Waals surface area contributed by atoms with Crippen LogP contribution in [-0.4, -0.2) is 60.1 Å². The van der Waals surface area contributed by atoms with Crippen molar-refractivity contribution in [1.29, 1.82) is 5.26 Å². The third kappa shape index (κ3) is 9.59. The van der Waals surface area contributed by atoms with E-state index in [-0.39, 0.29) is 0 Å². The number of carboxylic acid groups (broad SMARTS) is 1.